The van der Waals surface area contributed by atoms with Crippen LogP contribution in [-0.2, 0) is 4.79 Å². The topological polar surface area (TPSA) is 76.7 Å². The SMILES string of the molecule is CNC(=O)COc1ccc(C(=O)NC(C)c2cc(F)c(Cl)cc2Cl)cc1OC. The van der Waals surface area contributed by atoms with Gasteiger partial charge < -0.3 is 20.1 Å². The molecule has 0 aliphatic carbocycles. The number of rotatable bonds is 7. The van der Waals surface area contributed by atoms with Crippen molar-refractivity contribution in [2.45, 2.75) is 13.0 Å². The monoisotopic (exact) mass is 428 g/mol. The van der Waals surface area contributed by atoms with Crippen molar-refractivity contribution in [2.75, 3.05) is 20.8 Å². The summed E-state index contributed by atoms with van der Waals surface area (Å²) in [6, 6.07) is 6.43. The highest BCUT2D eigenvalue weighted by molar-refractivity contribution is 6.35. The van der Waals surface area contributed by atoms with Gasteiger partial charge in [-0.2, -0.15) is 0 Å². The molecule has 0 aliphatic heterocycles. The van der Waals surface area contributed by atoms with Crippen LogP contribution in [0.5, 0.6) is 11.5 Å². The summed E-state index contributed by atoms with van der Waals surface area (Å²) in [4.78, 5) is 23.9. The molecular formula is C19H19Cl2FN2O4. The zero-order valence-corrected chi connectivity index (χ0v) is 16.9. The summed E-state index contributed by atoms with van der Waals surface area (Å²) in [6.45, 7) is 1.49. The number of ether oxygens (including phenoxy) is 2. The first-order valence-corrected chi connectivity index (χ1v) is 8.99. The van der Waals surface area contributed by atoms with Crippen molar-refractivity contribution in [2.24, 2.45) is 0 Å². The van der Waals surface area contributed by atoms with Crippen LogP contribution in [0, 0.1) is 5.82 Å². The van der Waals surface area contributed by atoms with Crippen LogP contribution < -0.4 is 20.1 Å². The lowest BCUT2D eigenvalue weighted by molar-refractivity contribution is -0.122. The molecule has 0 aliphatic rings. The molecule has 2 amide bonds. The van der Waals surface area contributed by atoms with Crippen molar-refractivity contribution >= 4 is 35.0 Å². The Kier molecular flexibility index (Phi) is 7.48. The van der Waals surface area contributed by atoms with Gasteiger partial charge in [-0.05, 0) is 42.8 Å². The van der Waals surface area contributed by atoms with Gasteiger partial charge in [0.2, 0.25) is 0 Å². The summed E-state index contributed by atoms with van der Waals surface area (Å²) in [5.41, 5.74) is 0.691. The smallest absolute Gasteiger partial charge is 0.257 e. The van der Waals surface area contributed by atoms with Gasteiger partial charge in [-0.1, -0.05) is 23.2 Å². The molecule has 0 saturated heterocycles. The normalized spacial score (nSPS) is 11.5. The van der Waals surface area contributed by atoms with Gasteiger partial charge in [0.25, 0.3) is 11.8 Å². The second kappa shape index (κ2) is 9.61. The fourth-order valence-corrected chi connectivity index (χ4v) is 2.92. The van der Waals surface area contributed by atoms with Crippen molar-refractivity contribution in [1.29, 1.82) is 0 Å². The van der Waals surface area contributed by atoms with E-state index in [0.29, 0.717) is 22.6 Å². The van der Waals surface area contributed by atoms with Gasteiger partial charge in [0, 0.05) is 17.6 Å². The molecule has 28 heavy (non-hydrogen) atoms. The summed E-state index contributed by atoms with van der Waals surface area (Å²) >= 11 is 11.8. The average molecular weight is 429 g/mol. The van der Waals surface area contributed by atoms with Crippen molar-refractivity contribution in [1.82, 2.24) is 10.6 Å². The third-order valence-electron chi connectivity index (χ3n) is 3.92. The van der Waals surface area contributed by atoms with Crippen molar-refractivity contribution in [3.63, 3.8) is 0 Å². The van der Waals surface area contributed by atoms with Crippen molar-refractivity contribution in [3.05, 3.63) is 57.3 Å². The highest BCUT2D eigenvalue weighted by atomic mass is 35.5. The van der Waals surface area contributed by atoms with Gasteiger partial charge in [0.05, 0.1) is 18.2 Å². The van der Waals surface area contributed by atoms with E-state index in [2.05, 4.69) is 10.6 Å². The van der Waals surface area contributed by atoms with E-state index in [9.17, 15) is 14.0 Å². The van der Waals surface area contributed by atoms with E-state index >= 15 is 0 Å². The second-order valence-electron chi connectivity index (χ2n) is 5.81. The molecule has 0 heterocycles. The number of methoxy groups -OCH3 is 1. The maximum absolute atomic E-state index is 13.7. The minimum absolute atomic E-state index is 0.0932. The van der Waals surface area contributed by atoms with Crippen LogP contribution in [0.4, 0.5) is 4.39 Å². The summed E-state index contributed by atoms with van der Waals surface area (Å²) in [6.07, 6.45) is 0. The molecule has 6 nitrogen and oxygen atoms in total. The van der Waals surface area contributed by atoms with E-state index < -0.39 is 17.8 Å². The summed E-state index contributed by atoms with van der Waals surface area (Å²) < 4.78 is 24.3. The molecule has 0 fully saturated rings. The fourth-order valence-electron chi connectivity index (χ4n) is 2.37. The van der Waals surface area contributed by atoms with Crippen LogP contribution in [0.15, 0.2) is 30.3 Å². The Morgan fingerprint density at radius 3 is 2.50 bits per heavy atom. The molecule has 2 N–H and O–H groups in total. The second-order valence-corrected chi connectivity index (χ2v) is 6.62. The van der Waals surface area contributed by atoms with E-state index in [1.54, 1.807) is 6.92 Å². The minimum Gasteiger partial charge on any atom is -0.493 e. The quantitative estimate of drug-likeness (QED) is 0.658. The number of nitrogens with one attached hydrogen (secondary N) is 2. The lowest BCUT2D eigenvalue weighted by Gasteiger charge is -2.17. The maximum atomic E-state index is 13.7. The van der Waals surface area contributed by atoms with E-state index in [1.807, 2.05) is 0 Å². The molecule has 2 aromatic carbocycles. The number of hydrogen-bond acceptors (Lipinski definition) is 4. The molecule has 0 saturated carbocycles. The predicted molar refractivity (Wildman–Crippen MR) is 105 cm³/mol. The van der Waals surface area contributed by atoms with E-state index in [0.717, 1.165) is 0 Å². The van der Waals surface area contributed by atoms with Crippen LogP contribution >= 0.6 is 23.2 Å². The third-order valence-corrected chi connectivity index (χ3v) is 4.53. The van der Waals surface area contributed by atoms with E-state index in [-0.39, 0.29) is 22.6 Å². The van der Waals surface area contributed by atoms with Crippen molar-refractivity contribution in [3.8, 4) is 11.5 Å². The van der Waals surface area contributed by atoms with Crippen LogP contribution in [0.25, 0.3) is 0 Å². The zero-order chi connectivity index (χ0) is 20.8. The van der Waals surface area contributed by atoms with Crippen LogP contribution in [0.2, 0.25) is 10.0 Å². The van der Waals surface area contributed by atoms with Crippen molar-refractivity contribution < 1.29 is 23.5 Å². The number of carbonyl (C=O) groups excluding carboxylic acids is 2. The van der Waals surface area contributed by atoms with Crippen LogP contribution in [0.3, 0.4) is 0 Å². The molecule has 0 radical (unpaired) electrons. The molecule has 0 spiro atoms. The zero-order valence-electron chi connectivity index (χ0n) is 15.4. The largest absolute Gasteiger partial charge is 0.493 e. The molecule has 9 heteroatoms. The van der Waals surface area contributed by atoms with Gasteiger partial charge in [0.15, 0.2) is 18.1 Å². The van der Waals surface area contributed by atoms with Gasteiger partial charge in [-0.15, -0.1) is 0 Å². The number of hydrogen-bond donors (Lipinski definition) is 2. The van der Waals surface area contributed by atoms with E-state index in [1.165, 1.54) is 44.5 Å². The number of benzene rings is 2. The summed E-state index contributed by atoms with van der Waals surface area (Å²) in [5.74, 6) is -0.736. The number of amides is 2. The molecule has 150 valence electrons. The van der Waals surface area contributed by atoms with Gasteiger partial charge in [-0.25, -0.2) is 4.39 Å². The molecule has 2 aromatic rings. The van der Waals surface area contributed by atoms with Gasteiger partial charge in [0.1, 0.15) is 5.82 Å². The lowest BCUT2D eigenvalue weighted by atomic mass is 10.1. The highest BCUT2D eigenvalue weighted by Gasteiger charge is 2.18. The Hall–Kier alpha value is -2.51. The Morgan fingerprint density at radius 2 is 1.86 bits per heavy atom. The predicted octanol–water partition coefficient (Wildman–Crippen LogP) is 3.76. The molecule has 0 bridgehead atoms. The Bertz CT molecular complexity index is 892. The first kappa shape index (κ1) is 21.8. The Labute approximate surface area is 171 Å². The third kappa shape index (κ3) is 5.27. The average Bonchev–Trinajstić information content (AvgIpc) is 2.68. The maximum Gasteiger partial charge on any atom is 0.257 e. The highest BCUT2D eigenvalue weighted by Crippen LogP contribution is 2.30. The Balaban J connectivity index is 2.15. The molecular weight excluding hydrogens is 410 g/mol. The number of likely N-dealkylation sites (N-methyl/N-ethyl adjacent to an activating group) is 1. The van der Waals surface area contributed by atoms with Crippen LogP contribution in [0.1, 0.15) is 28.9 Å². The first-order chi connectivity index (χ1) is 13.3. The number of halogens is 3. The van der Waals surface area contributed by atoms with E-state index in [4.69, 9.17) is 32.7 Å². The van der Waals surface area contributed by atoms with Gasteiger partial charge >= 0.3 is 0 Å². The fraction of sp³-hybridized carbons (Fsp3) is 0.263. The minimum atomic E-state index is -0.624. The van der Waals surface area contributed by atoms with Crippen LogP contribution in [-0.4, -0.2) is 32.6 Å². The molecule has 2 rings (SSSR count). The lowest BCUT2D eigenvalue weighted by Crippen LogP contribution is -2.27. The summed E-state index contributed by atoms with van der Waals surface area (Å²) in [5, 5.41) is 5.33. The standard InChI is InChI=1S/C19H19Cl2FN2O4/c1-10(12-7-15(22)14(21)8-13(12)20)24-19(26)11-4-5-16(17(6-11)27-3)28-9-18(25)23-2/h4-8,10H,9H2,1-3H3,(H,23,25)(H,24,26). The number of carbonyl (C=O) groups is 2. The molecule has 1 unspecified atom stereocenters. The van der Waals surface area contributed by atoms with Gasteiger partial charge in [-0.3, -0.25) is 9.59 Å². The Morgan fingerprint density at radius 1 is 1.14 bits per heavy atom. The molecule has 1 atom stereocenters. The summed E-state index contributed by atoms with van der Waals surface area (Å²) in [7, 11) is 2.92. The first-order valence-electron chi connectivity index (χ1n) is 8.23. The molecule has 0 aromatic heterocycles.